The summed E-state index contributed by atoms with van der Waals surface area (Å²) in [5.74, 6) is -0.954. The zero-order chi connectivity index (χ0) is 18.4. The molecule has 25 heavy (non-hydrogen) atoms. The molecule has 0 bridgehead atoms. The van der Waals surface area contributed by atoms with E-state index in [1.54, 1.807) is 6.92 Å². The second-order valence-corrected chi connectivity index (χ2v) is 7.93. The molecule has 1 aliphatic heterocycles. The highest BCUT2D eigenvalue weighted by Crippen LogP contribution is 2.28. The van der Waals surface area contributed by atoms with Gasteiger partial charge in [-0.15, -0.1) is 0 Å². The van der Waals surface area contributed by atoms with Crippen LogP contribution in [0.5, 0.6) is 11.5 Å². The summed E-state index contributed by atoms with van der Waals surface area (Å²) in [4.78, 5) is 23.0. The summed E-state index contributed by atoms with van der Waals surface area (Å²) in [5, 5.41) is 11.4. The number of amides is 1. The van der Waals surface area contributed by atoms with Crippen molar-refractivity contribution in [3.05, 3.63) is 23.8 Å². The Labute approximate surface area is 146 Å². The maximum atomic E-state index is 12.4. The normalized spacial score (nSPS) is 19.0. The number of carbonyl (C=O) groups is 2. The standard InChI is InChI=1S/C16H21NO7S/c1-2-23-14-8-11(5-6-13(14)24-9-15(18)19)16(20)17-12-4-3-7-25(21,22)10-12/h5-6,8,12H,2-4,7,9-10H2,1H3,(H,17,20)(H,18,19). The van der Waals surface area contributed by atoms with Crippen LogP contribution >= 0.6 is 0 Å². The van der Waals surface area contributed by atoms with Crippen LogP contribution in [-0.4, -0.2) is 56.2 Å². The first-order chi connectivity index (χ1) is 11.8. The van der Waals surface area contributed by atoms with Gasteiger partial charge in [-0.2, -0.15) is 0 Å². The van der Waals surface area contributed by atoms with E-state index in [2.05, 4.69) is 5.32 Å². The van der Waals surface area contributed by atoms with Gasteiger partial charge in [0.1, 0.15) is 0 Å². The van der Waals surface area contributed by atoms with E-state index < -0.39 is 34.4 Å². The molecular weight excluding hydrogens is 350 g/mol. The van der Waals surface area contributed by atoms with E-state index in [-0.39, 0.29) is 28.6 Å². The van der Waals surface area contributed by atoms with Crippen LogP contribution in [-0.2, 0) is 14.6 Å². The predicted molar refractivity (Wildman–Crippen MR) is 89.9 cm³/mol. The lowest BCUT2D eigenvalue weighted by atomic mass is 10.1. The summed E-state index contributed by atoms with van der Waals surface area (Å²) >= 11 is 0. The number of carboxylic acid groups (broad SMARTS) is 1. The number of sulfone groups is 1. The van der Waals surface area contributed by atoms with Crippen LogP contribution in [0.3, 0.4) is 0 Å². The number of hydrogen-bond acceptors (Lipinski definition) is 6. The highest BCUT2D eigenvalue weighted by molar-refractivity contribution is 7.91. The van der Waals surface area contributed by atoms with Gasteiger partial charge >= 0.3 is 5.97 Å². The first-order valence-corrected chi connectivity index (χ1v) is 9.75. The van der Waals surface area contributed by atoms with Crippen molar-refractivity contribution in [2.45, 2.75) is 25.8 Å². The van der Waals surface area contributed by atoms with Gasteiger partial charge in [-0.3, -0.25) is 4.79 Å². The average Bonchev–Trinajstić information content (AvgIpc) is 2.52. The Balaban J connectivity index is 2.10. The molecule has 1 fully saturated rings. The third kappa shape index (κ3) is 5.63. The Morgan fingerprint density at radius 1 is 1.28 bits per heavy atom. The van der Waals surface area contributed by atoms with Gasteiger partial charge in [-0.05, 0) is 38.0 Å². The van der Waals surface area contributed by atoms with Crippen LogP contribution in [0.25, 0.3) is 0 Å². The monoisotopic (exact) mass is 371 g/mol. The Hall–Kier alpha value is -2.29. The number of hydrogen-bond donors (Lipinski definition) is 2. The number of aliphatic carboxylic acids is 1. The number of ether oxygens (including phenoxy) is 2. The van der Waals surface area contributed by atoms with Crippen molar-refractivity contribution in [3.63, 3.8) is 0 Å². The van der Waals surface area contributed by atoms with Crippen LogP contribution in [0.4, 0.5) is 0 Å². The maximum Gasteiger partial charge on any atom is 0.341 e. The van der Waals surface area contributed by atoms with Crippen molar-refractivity contribution in [1.29, 1.82) is 0 Å². The number of benzene rings is 1. The first kappa shape index (κ1) is 19.0. The molecule has 1 heterocycles. The van der Waals surface area contributed by atoms with E-state index in [4.69, 9.17) is 14.6 Å². The molecule has 0 spiro atoms. The van der Waals surface area contributed by atoms with Gasteiger partial charge in [-0.25, -0.2) is 13.2 Å². The van der Waals surface area contributed by atoms with Gasteiger partial charge < -0.3 is 19.9 Å². The van der Waals surface area contributed by atoms with E-state index >= 15 is 0 Å². The smallest absolute Gasteiger partial charge is 0.341 e. The number of carboxylic acids is 1. The highest BCUT2D eigenvalue weighted by Gasteiger charge is 2.26. The van der Waals surface area contributed by atoms with Crippen molar-refractivity contribution in [1.82, 2.24) is 5.32 Å². The van der Waals surface area contributed by atoms with Crippen LogP contribution in [0.2, 0.25) is 0 Å². The molecule has 1 unspecified atom stereocenters. The van der Waals surface area contributed by atoms with Crippen LogP contribution in [0, 0.1) is 0 Å². The summed E-state index contributed by atoms with van der Waals surface area (Å²) in [6, 6.07) is 3.98. The van der Waals surface area contributed by atoms with Gasteiger partial charge in [0.15, 0.2) is 27.9 Å². The van der Waals surface area contributed by atoms with Gasteiger partial charge in [0.2, 0.25) is 0 Å². The van der Waals surface area contributed by atoms with Gasteiger partial charge in [0, 0.05) is 11.6 Å². The summed E-state index contributed by atoms with van der Waals surface area (Å²) in [5.41, 5.74) is 0.286. The number of rotatable bonds is 7. The van der Waals surface area contributed by atoms with E-state index in [9.17, 15) is 18.0 Å². The van der Waals surface area contributed by atoms with Gasteiger partial charge in [0.05, 0.1) is 18.1 Å². The topological polar surface area (TPSA) is 119 Å². The molecule has 0 aliphatic carbocycles. The molecule has 9 heteroatoms. The molecule has 1 atom stereocenters. The van der Waals surface area contributed by atoms with E-state index in [0.29, 0.717) is 19.4 Å². The summed E-state index contributed by atoms with van der Waals surface area (Å²) < 4.78 is 33.8. The quantitative estimate of drug-likeness (QED) is 0.729. The fourth-order valence-electron chi connectivity index (χ4n) is 2.58. The van der Waals surface area contributed by atoms with Crippen molar-refractivity contribution < 1.29 is 32.6 Å². The molecule has 1 aromatic rings. The largest absolute Gasteiger partial charge is 0.490 e. The summed E-state index contributed by atoms with van der Waals surface area (Å²) in [6.45, 7) is 1.54. The van der Waals surface area contributed by atoms with Gasteiger partial charge in [-0.1, -0.05) is 0 Å². The molecule has 0 saturated carbocycles. The molecule has 2 N–H and O–H groups in total. The zero-order valence-electron chi connectivity index (χ0n) is 13.9. The molecule has 2 rings (SSSR count). The second kappa shape index (κ2) is 8.19. The first-order valence-electron chi connectivity index (χ1n) is 7.93. The van der Waals surface area contributed by atoms with Crippen molar-refractivity contribution in [3.8, 4) is 11.5 Å². The lowest BCUT2D eigenvalue weighted by Crippen LogP contribution is -2.43. The molecule has 1 amide bonds. The molecule has 0 aromatic heterocycles. The fraction of sp³-hybridized carbons (Fsp3) is 0.500. The molecule has 138 valence electrons. The fourth-order valence-corrected chi connectivity index (χ4v) is 4.22. The van der Waals surface area contributed by atoms with Crippen molar-refractivity contribution in [2.24, 2.45) is 0 Å². The molecule has 1 aliphatic rings. The molecule has 8 nitrogen and oxygen atoms in total. The second-order valence-electron chi connectivity index (χ2n) is 5.70. The Morgan fingerprint density at radius 2 is 2.04 bits per heavy atom. The predicted octanol–water partition coefficient (Wildman–Crippen LogP) is 0.856. The van der Waals surface area contributed by atoms with Crippen LogP contribution in [0.15, 0.2) is 18.2 Å². The van der Waals surface area contributed by atoms with Crippen LogP contribution in [0.1, 0.15) is 30.1 Å². The third-order valence-corrected chi connectivity index (χ3v) is 5.48. The minimum atomic E-state index is -3.11. The molecular formula is C16H21NO7S. The number of carbonyl (C=O) groups excluding carboxylic acids is 1. The SMILES string of the molecule is CCOc1cc(C(=O)NC2CCCS(=O)(=O)C2)ccc1OCC(=O)O. The summed E-state index contributed by atoms with van der Waals surface area (Å²) in [6.07, 6.45) is 1.14. The van der Waals surface area contributed by atoms with Crippen LogP contribution < -0.4 is 14.8 Å². The van der Waals surface area contributed by atoms with E-state index in [1.807, 2.05) is 0 Å². The average molecular weight is 371 g/mol. The van der Waals surface area contributed by atoms with Crippen molar-refractivity contribution >= 4 is 21.7 Å². The van der Waals surface area contributed by atoms with Gasteiger partial charge in [0.25, 0.3) is 5.91 Å². The zero-order valence-corrected chi connectivity index (χ0v) is 14.7. The Kier molecular flexibility index (Phi) is 6.24. The minimum Gasteiger partial charge on any atom is -0.490 e. The lowest BCUT2D eigenvalue weighted by molar-refractivity contribution is -0.139. The minimum absolute atomic E-state index is 0.0587. The third-order valence-electron chi connectivity index (χ3n) is 3.66. The summed E-state index contributed by atoms with van der Waals surface area (Å²) in [7, 11) is -3.11. The Morgan fingerprint density at radius 3 is 2.68 bits per heavy atom. The molecule has 1 saturated heterocycles. The number of nitrogens with one attached hydrogen (secondary N) is 1. The molecule has 1 aromatic carbocycles. The van der Waals surface area contributed by atoms with Crippen molar-refractivity contribution in [2.75, 3.05) is 24.7 Å². The molecule has 0 radical (unpaired) electrons. The Bertz CT molecular complexity index is 745. The van der Waals surface area contributed by atoms with E-state index in [0.717, 1.165) is 0 Å². The van der Waals surface area contributed by atoms with E-state index in [1.165, 1.54) is 18.2 Å². The highest BCUT2D eigenvalue weighted by atomic mass is 32.2. The lowest BCUT2D eigenvalue weighted by Gasteiger charge is -2.23. The maximum absolute atomic E-state index is 12.4.